The summed E-state index contributed by atoms with van der Waals surface area (Å²) in [5.41, 5.74) is 5.30. The summed E-state index contributed by atoms with van der Waals surface area (Å²) in [4.78, 5) is 34.8. The normalized spacial score (nSPS) is 11.5. The fourth-order valence-electron chi connectivity index (χ4n) is 2.33. The van der Waals surface area contributed by atoms with Crippen molar-refractivity contribution in [1.82, 2.24) is 15.9 Å². The summed E-state index contributed by atoms with van der Waals surface area (Å²) < 4.78 is 0. The first-order chi connectivity index (χ1) is 12.4. The Balaban J connectivity index is 2.54. The number of hydrogen-bond acceptors (Lipinski definition) is 4. The van der Waals surface area contributed by atoms with Gasteiger partial charge in [0, 0.05) is 0 Å². The molecule has 1 atom stereocenters. The first-order valence-electron chi connectivity index (χ1n) is 8.30. The maximum Gasteiger partial charge on any atom is 0.243 e. The monoisotopic (exact) mass is 403 g/mol. The number of carbonyl (C=O) groups is 3. The molecule has 0 aliphatic rings. The summed E-state index contributed by atoms with van der Waals surface area (Å²) in [7, 11) is 0. The minimum atomic E-state index is -0.623. The summed E-state index contributed by atoms with van der Waals surface area (Å²) in [6.07, 6.45) is 3.43. The fourth-order valence-corrected chi connectivity index (χ4v) is 2.65. The van der Waals surface area contributed by atoms with Crippen LogP contribution >= 0.6 is 23.2 Å². The number of nitrogens with one attached hydrogen (secondary N) is 2. The number of amides is 3. The number of hydrogen-bond donors (Lipinski definition) is 3. The van der Waals surface area contributed by atoms with E-state index in [1.165, 1.54) is 0 Å². The third-order valence-corrected chi connectivity index (χ3v) is 4.47. The van der Waals surface area contributed by atoms with Gasteiger partial charge in [-0.3, -0.25) is 30.4 Å². The second-order valence-corrected chi connectivity index (χ2v) is 6.70. The van der Waals surface area contributed by atoms with Crippen LogP contribution < -0.4 is 10.9 Å². The molecule has 0 bridgehead atoms. The molecule has 0 aromatic heterocycles. The van der Waals surface area contributed by atoms with Gasteiger partial charge in [0.15, 0.2) is 0 Å². The van der Waals surface area contributed by atoms with Gasteiger partial charge in [0.1, 0.15) is 0 Å². The lowest BCUT2D eigenvalue weighted by molar-refractivity contribution is -0.155. The van der Waals surface area contributed by atoms with Crippen LogP contribution in [-0.4, -0.2) is 35.0 Å². The van der Waals surface area contributed by atoms with Gasteiger partial charge in [-0.1, -0.05) is 55.5 Å². The maximum atomic E-state index is 12.2. The number of benzene rings is 1. The van der Waals surface area contributed by atoms with E-state index in [2.05, 4.69) is 10.9 Å². The number of halogens is 2. The molecule has 1 rings (SSSR count). The van der Waals surface area contributed by atoms with Gasteiger partial charge in [-0.2, -0.15) is 0 Å². The van der Waals surface area contributed by atoms with Gasteiger partial charge in [-0.05, 0) is 24.1 Å². The summed E-state index contributed by atoms with van der Waals surface area (Å²) in [5.74, 6) is -1.52. The molecule has 1 aromatic rings. The van der Waals surface area contributed by atoms with E-state index in [4.69, 9.17) is 23.2 Å². The summed E-state index contributed by atoms with van der Waals surface area (Å²) >= 11 is 11.7. The smallest absolute Gasteiger partial charge is 0.243 e. The van der Waals surface area contributed by atoms with Crippen LogP contribution in [0.4, 0.5) is 0 Å². The highest BCUT2D eigenvalue weighted by atomic mass is 35.5. The number of carbonyl (C=O) groups excluding carboxylic acids is 3. The SMILES string of the molecule is CCCCC[C@H](CN(O)C=O)C(=O)NNC(=O)Cc1ccc(Cl)c(Cl)c1. The van der Waals surface area contributed by atoms with Crippen LogP contribution in [0.15, 0.2) is 18.2 Å². The van der Waals surface area contributed by atoms with E-state index in [-0.39, 0.29) is 19.4 Å². The Morgan fingerprint density at radius 3 is 2.58 bits per heavy atom. The zero-order valence-electron chi connectivity index (χ0n) is 14.5. The van der Waals surface area contributed by atoms with Crippen molar-refractivity contribution in [3.63, 3.8) is 0 Å². The molecule has 0 fully saturated rings. The largest absolute Gasteiger partial charge is 0.286 e. The standard InChI is InChI=1S/C17H23Cl2N3O4/c1-2-3-4-5-13(10-22(26)11-23)17(25)21-20-16(24)9-12-6-7-14(18)15(19)8-12/h6-8,11,13,26H,2-5,9-10H2,1H3,(H,20,24)(H,21,25)/t13-/m1/s1. The Hall–Kier alpha value is -1.83. The Labute approximate surface area is 162 Å². The third kappa shape index (κ3) is 8.03. The van der Waals surface area contributed by atoms with Gasteiger partial charge in [-0.25, -0.2) is 5.06 Å². The van der Waals surface area contributed by atoms with Crippen LogP contribution in [0.3, 0.4) is 0 Å². The molecule has 3 amide bonds. The average molecular weight is 404 g/mol. The lowest BCUT2D eigenvalue weighted by atomic mass is 10.0. The molecule has 144 valence electrons. The van der Waals surface area contributed by atoms with Crippen molar-refractivity contribution >= 4 is 41.4 Å². The van der Waals surface area contributed by atoms with Crippen molar-refractivity contribution in [2.45, 2.75) is 39.0 Å². The van der Waals surface area contributed by atoms with Crippen LogP contribution in [0.25, 0.3) is 0 Å². The molecule has 1 aromatic carbocycles. The number of hydrazine groups is 1. The molecule has 0 saturated heterocycles. The lowest BCUT2D eigenvalue weighted by Crippen LogP contribution is -2.47. The van der Waals surface area contributed by atoms with Gasteiger partial charge >= 0.3 is 0 Å². The topological polar surface area (TPSA) is 98.7 Å². The Morgan fingerprint density at radius 1 is 1.23 bits per heavy atom. The summed E-state index contributed by atoms with van der Waals surface area (Å²) in [5, 5.41) is 10.5. The Bertz CT molecular complexity index is 628. The number of hydroxylamine groups is 2. The van der Waals surface area contributed by atoms with E-state index in [1.807, 2.05) is 6.92 Å². The predicted octanol–water partition coefficient (Wildman–Crippen LogP) is 2.73. The molecule has 0 aliphatic heterocycles. The van der Waals surface area contributed by atoms with Crippen molar-refractivity contribution in [2.24, 2.45) is 5.92 Å². The second kappa shape index (κ2) is 11.7. The molecular formula is C17H23Cl2N3O4. The maximum absolute atomic E-state index is 12.2. The third-order valence-electron chi connectivity index (χ3n) is 3.73. The van der Waals surface area contributed by atoms with Gasteiger partial charge in [0.05, 0.1) is 28.9 Å². The van der Waals surface area contributed by atoms with Gasteiger partial charge in [-0.15, -0.1) is 0 Å². The van der Waals surface area contributed by atoms with Gasteiger partial charge in [0.2, 0.25) is 18.2 Å². The highest BCUT2D eigenvalue weighted by Gasteiger charge is 2.21. The van der Waals surface area contributed by atoms with Crippen LogP contribution in [0, 0.1) is 5.92 Å². The molecule has 7 nitrogen and oxygen atoms in total. The van der Waals surface area contributed by atoms with Crippen molar-refractivity contribution in [3.8, 4) is 0 Å². The zero-order valence-corrected chi connectivity index (χ0v) is 16.0. The van der Waals surface area contributed by atoms with Crippen LogP contribution in [0.1, 0.15) is 38.2 Å². The number of rotatable bonds is 10. The number of nitrogens with zero attached hydrogens (tertiary/aromatic N) is 1. The van der Waals surface area contributed by atoms with Crippen molar-refractivity contribution in [2.75, 3.05) is 6.54 Å². The fraction of sp³-hybridized carbons (Fsp3) is 0.471. The summed E-state index contributed by atoms with van der Waals surface area (Å²) in [6, 6.07) is 4.83. The predicted molar refractivity (Wildman–Crippen MR) is 98.6 cm³/mol. The quantitative estimate of drug-likeness (QED) is 0.242. The molecule has 0 heterocycles. The molecule has 9 heteroatoms. The van der Waals surface area contributed by atoms with Crippen LogP contribution in [-0.2, 0) is 20.8 Å². The molecular weight excluding hydrogens is 381 g/mol. The molecule has 0 aliphatic carbocycles. The van der Waals surface area contributed by atoms with Crippen molar-refractivity contribution in [3.05, 3.63) is 33.8 Å². The first-order valence-corrected chi connectivity index (χ1v) is 9.06. The molecule has 0 radical (unpaired) electrons. The van der Waals surface area contributed by atoms with E-state index in [9.17, 15) is 19.6 Å². The Kier molecular flexibility index (Phi) is 10.0. The first kappa shape index (κ1) is 22.2. The molecule has 0 saturated carbocycles. The second-order valence-electron chi connectivity index (χ2n) is 5.88. The molecule has 3 N–H and O–H groups in total. The van der Waals surface area contributed by atoms with E-state index < -0.39 is 17.7 Å². The van der Waals surface area contributed by atoms with E-state index >= 15 is 0 Å². The van der Waals surface area contributed by atoms with Gasteiger partial charge < -0.3 is 0 Å². The number of unbranched alkanes of at least 4 members (excludes halogenated alkanes) is 2. The molecule has 0 unspecified atom stereocenters. The molecule has 0 spiro atoms. The van der Waals surface area contributed by atoms with Gasteiger partial charge in [0.25, 0.3) is 0 Å². The van der Waals surface area contributed by atoms with E-state index in [1.54, 1.807) is 18.2 Å². The average Bonchev–Trinajstić information content (AvgIpc) is 2.62. The van der Waals surface area contributed by atoms with E-state index in [0.29, 0.717) is 27.1 Å². The molecule has 26 heavy (non-hydrogen) atoms. The minimum Gasteiger partial charge on any atom is -0.286 e. The van der Waals surface area contributed by atoms with Crippen molar-refractivity contribution in [1.29, 1.82) is 0 Å². The Morgan fingerprint density at radius 2 is 1.96 bits per heavy atom. The highest BCUT2D eigenvalue weighted by molar-refractivity contribution is 6.42. The summed E-state index contributed by atoms with van der Waals surface area (Å²) in [6.45, 7) is 1.89. The zero-order chi connectivity index (χ0) is 19.5. The van der Waals surface area contributed by atoms with Crippen LogP contribution in [0.5, 0.6) is 0 Å². The lowest BCUT2D eigenvalue weighted by Gasteiger charge is -2.19. The minimum absolute atomic E-state index is 0.0120. The van der Waals surface area contributed by atoms with Crippen LogP contribution in [0.2, 0.25) is 10.0 Å². The highest BCUT2D eigenvalue weighted by Crippen LogP contribution is 2.22. The van der Waals surface area contributed by atoms with E-state index in [0.717, 1.165) is 19.3 Å². The van der Waals surface area contributed by atoms with Crippen molar-refractivity contribution < 1.29 is 19.6 Å².